The van der Waals surface area contributed by atoms with Crippen LogP contribution in [0.1, 0.15) is 45.6 Å². The van der Waals surface area contributed by atoms with Crippen molar-refractivity contribution in [3.8, 4) is 0 Å². The van der Waals surface area contributed by atoms with Crippen molar-refractivity contribution in [2.75, 3.05) is 18.4 Å². The van der Waals surface area contributed by atoms with Gasteiger partial charge in [0, 0.05) is 35.2 Å². The van der Waals surface area contributed by atoms with Crippen LogP contribution in [-0.4, -0.2) is 40.6 Å². The van der Waals surface area contributed by atoms with Crippen LogP contribution in [0.25, 0.3) is 0 Å². The van der Waals surface area contributed by atoms with Crippen LogP contribution in [0.2, 0.25) is 0 Å². The van der Waals surface area contributed by atoms with Crippen LogP contribution in [0.3, 0.4) is 0 Å². The van der Waals surface area contributed by atoms with Crippen LogP contribution in [0.5, 0.6) is 0 Å². The molecule has 0 spiro atoms. The van der Waals surface area contributed by atoms with E-state index in [0.717, 1.165) is 25.3 Å². The van der Waals surface area contributed by atoms with Crippen molar-refractivity contribution >= 4 is 40.1 Å². The number of nitro benzene ring substituents is 1. The Bertz CT molecular complexity index is 709. The summed E-state index contributed by atoms with van der Waals surface area (Å²) in [4.78, 5) is 24.9. The Labute approximate surface area is 171 Å². The normalized spacial score (nSPS) is 18.0. The number of nitrogens with zero attached hydrogens (tertiary/aromatic N) is 2. The predicted molar refractivity (Wildman–Crippen MR) is 110 cm³/mol. The molecule has 0 radical (unpaired) electrons. The molecule has 1 amide bonds. The van der Waals surface area contributed by atoms with Crippen LogP contribution in [0.15, 0.2) is 12.1 Å². The van der Waals surface area contributed by atoms with Gasteiger partial charge in [0.1, 0.15) is 17.1 Å². The molecule has 1 N–H and O–H groups in total. The molecule has 0 unspecified atom stereocenters. The summed E-state index contributed by atoms with van der Waals surface area (Å²) in [5.74, 6) is -0.477. The molecule has 1 aliphatic rings. The largest absolute Gasteiger partial charge is 0.444 e. The summed E-state index contributed by atoms with van der Waals surface area (Å²) in [6.45, 7) is 6.34. The van der Waals surface area contributed by atoms with Gasteiger partial charge < -0.3 is 15.0 Å². The van der Waals surface area contributed by atoms with E-state index in [9.17, 15) is 19.3 Å². The van der Waals surface area contributed by atoms with Crippen LogP contribution in [0, 0.1) is 15.9 Å². The zero-order valence-corrected chi connectivity index (χ0v) is 17.9. The first-order valence-corrected chi connectivity index (χ1v) is 10.4. The first-order valence-electron chi connectivity index (χ1n) is 8.88. The number of rotatable bonds is 4. The SMILES string of the molecule is CC(C)(C)OC(=O)N1CCCC[C@@H](Nc2c([N+](=O)[O-])ccc(F)c2CI)C1. The van der Waals surface area contributed by atoms with E-state index in [2.05, 4.69) is 5.32 Å². The topological polar surface area (TPSA) is 84.7 Å². The van der Waals surface area contributed by atoms with Crippen molar-refractivity contribution in [1.82, 2.24) is 4.90 Å². The third-order valence-electron chi connectivity index (χ3n) is 4.24. The molecule has 27 heavy (non-hydrogen) atoms. The summed E-state index contributed by atoms with van der Waals surface area (Å²) >= 11 is 1.99. The molecule has 1 aliphatic heterocycles. The van der Waals surface area contributed by atoms with Crippen molar-refractivity contribution < 1.29 is 18.8 Å². The van der Waals surface area contributed by atoms with Crippen molar-refractivity contribution in [2.24, 2.45) is 0 Å². The molecule has 0 saturated carbocycles. The van der Waals surface area contributed by atoms with Gasteiger partial charge in [-0.3, -0.25) is 10.1 Å². The molecule has 1 aromatic carbocycles. The molecular weight excluding hydrogens is 468 g/mol. The minimum Gasteiger partial charge on any atom is -0.444 e. The van der Waals surface area contributed by atoms with Gasteiger partial charge in [-0.05, 0) is 46.1 Å². The van der Waals surface area contributed by atoms with Gasteiger partial charge in [0.15, 0.2) is 0 Å². The van der Waals surface area contributed by atoms with Gasteiger partial charge in [-0.2, -0.15) is 0 Å². The van der Waals surface area contributed by atoms with Gasteiger partial charge >= 0.3 is 6.09 Å². The Balaban J connectivity index is 2.24. The van der Waals surface area contributed by atoms with Crippen LogP contribution >= 0.6 is 22.6 Å². The minimum atomic E-state index is -0.595. The minimum absolute atomic E-state index is 0.156. The second-order valence-electron chi connectivity index (χ2n) is 7.57. The van der Waals surface area contributed by atoms with Crippen LogP contribution < -0.4 is 5.32 Å². The highest BCUT2D eigenvalue weighted by Crippen LogP contribution is 2.33. The number of benzene rings is 1. The summed E-state index contributed by atoms with van der Waals surface area (Å²) in [6, 6.07) is 2.08. The maximum atomic E-state index is 14.2. The Kier molecular flexibility index (Phi) is 7.24. The number of ether oxygens (including phenoxy) is 1. The van der Waals surface area contributed by atoms with Crippen molar-refractivity contribution in [3.05, 3.63) is 33.6 Å². The lowest BCUT2D eigenvalue weighted by Gasteiger charge is -2.29. The summed E-state index contributed by atoms with van der Waals surface area (Å²) in [5.41, 5.74) is -0.276. The second-order valence-corrected chi connectivity index (χ2v) is 8.34. The molecule has 0 aliphatic carbocycles. The van der Waals surface area contributed by atoms with E-state index in [-0.39, 0.29) is 23.0 Å². The van der Waals surface area contributed by atoms with E-state index in [4.69, 9.17) is 4.74 Å². The number of nitrogens with one attached hydrogen (secondary N) is 1. The molecule has 0 aromatic heterocycles. The molecule has 1 fully saturated rings. The van der Waals surface area contributed by atoms with Crippen LogP contribution in [0.4, 0.5) is 20.6 Å². The maximum absolute atomic E-state index is 14.2. The Morgan fingerprint density at radius 3 is 2.74 bits per heavy atom. The number of alkyl halides is 1. The maximum Gasteiger partial charge on any atom is 0.410 e. The van der Waals surface area contributed by atoms with Gasteiger partial charge in [-0.1, -0.05) is 22.6 Å². The van der Waals surface area contributed by atoms with Crippen molar-refractivity contribution in [2.45, 2.75) is 56.1 Å². The molecule has 150 valence electrons. The number of amides is 1. The lowest BCUT2D eigenvalue weighted by Crippen LogP contribution is -2.42. The Hall–Kier alpha value is -1.65. The fourth-order valence-electron chi connectivity index (χ4n) is 3.01. The summed E-state index contributed by atoms with van der Waals surface area (Å²) in [6.07, 6.45) is 2.01. The summed E-state index contributed by atoms with van der Waals surface area (Å²) in [7, 11) is 0. The van der Waals surface area contributed by atoms with Crippen molar-refractivity contribution in [1.29, 1.82) is 0 Å². The zero-order chi connectivity index (χ0) is 20.2. The van der Waals surface area contributed by atoms with E-state index in [1.165, 1.54) is 6.07 Å². The highest BCUT2D eigenvalue weighted by Gasteiger charge is 2.29. The first kappa shape index (κ1) is 21.6. The van der Waals surface area contributed by atoms with Gasteiger partial charge in [0.05, 0.1) is 4.92 Å². The zero-order valence-electron chi connectivity index (χ0n) is 15.8. The van der Waals surface area contributed by atoms with Gasteiger partial charge in [0.25, 0.3) is 5.69 Å². The lowest BCUT2D eigenvalue weighted by molar-refractivity contribution is -0.384. The number of carbonyl (C=O) groups is 1. The first-order chi connectivity index (χ1) is 12.6. The average molecular weight is 493 g/mol. The average Bonchev–Trinajstić information content (AvgIpc) is 2.79. The van der Waals surface area contributed by atoms with E-state index in [0.29, 0.717) is 17.5 Å². The molecule has 2 rings (SSSR count). The molecule has 0 bridgehead atoms. The number of carbonyl (C=O) groups excluding carboxylic acids is 1. The quantitative estimate of drug-likeness (QED) is 0.280. The van der Waals surface area contributed by atoms with Gasteiger partial charge in [-0.15, -0.1) is 0 Å². The van der Waals surface area contributed by atoms with E-state index in [1.54, 1.807) is 25.7 Å². The third-order valence-corrected chi connectivity index (χ3v) is 5.00. The highest BCUT2D eigenvalue weighted by molar-refractivity contribution is 14.1. The van der Waals surface area contributed by atoms with Gasteiger partial charge in [0.2, 0.25) is 0 Å². The fourth-order valence-corrected chi connectivity index (χ4v) is 3.76. The molecule has 1 heterocycles. The number of anilines is 1. The summed E-state index contributed by atoms with van der Waals surface area (Å²) in [5, 5.41) is 14.5. The van der Waals surface area contributed by atoms with Crippen LogP contribution in [-0.2, 0) is 9.16 Å². The van der Waals surface area contributed by atoms with E-state index < -0.39 is 22.4 Å². The Morgan fingerprint density at radius 2 is 2.15 bits per heavy atom. The molecule has 9 heteroatoms. The second kappa shape index (κ2) is 9.03. The third kappa shape index (κ3) is 5.91. The lowest BCUT2D eigenvalue weighted by atomic mass is 10.1. The monoisotopic (exact) mass is 493 g/mol. The summed E-state index contributed by atoms with van der Waals surface area (Å²) < 4.78 is 19.9. The van der Waals surface area contributed by atoms with E-state index in [1.807, 2.05) is 22.6 Å². The number of halogens is 2. The fraction of sp³-hybridized carbons (Fsp3) is 0.611. The molecule has 1 atom stereocenters. The number of nitro groups is 1. The van der Waals surface area contributed by atoms with Gasteiger partial charge in [-0.25, -0.2) is 9.18 Å². The number of likely N-dealkylation sites (tertiary alicyclic amines) is 1. The molecule has 1 saturated heterocycles. The highest BCUT2D eigenvalue weighted by atomic mass is 127. The molecule has 7 nitrogen and oxygen atoms in total. The number of hydrogen-bond donors (Lipinski definition) is 1. The molecule has 1 aromatic rings. The van der Waals surface area contributed by atoms with Crippen molar-refractivity contribution in [3.63, 3.8) is 0 Å². The number of hydrogen-bond acceptors (Lipinski definition) is 5. The smallest absolute Gasteiger partial charge is 0.410 e. The van der Waals surface area contributed by atoms with E-state index >= 15 is 0 Å². The predicted octanol–water partition coefficient (Wildman–Crippen LogP) is 4.87. The standard InChI is InChI=1S/C18H25FIN3O4/c1-18(2,3)27-17(24)22-9-5-4-6-12(11-22)21-16-13(10-20)14(19)7-8-15(16)23(25)26/h7-8,12,21H,4-6,9-11H2,1-3H3/t12-/m1/s1. The molecular formula is C18H25FIN3O4. The Morgan fingerprint density at radius 1 is 1.44 bits per heavy atom.